The molecule has 0 saturated heterocycles. The minimum absolute atomic E-state index is 0.155. The van der Waals surface area contributed by atoms with Gasteiger partial charge in [0.15, 0.2) is 11.6 Å². The molecule has 1 fully saturated rings. The number of aromatic nitrogens is 5. The number of rotatable bonds is 2. The maximum absolute atomic E-state index is 15.2. The smallest absolute Gasteiger partial charge is 0.260 e. The van der Waals surface area contributed by atoms with E-state index in [0.29, 0.717) is 29.8 Å². The van der Waals surface area contributed by atoms with Crippen molar-refractivity contribution in [3.05, 3.63) is 77.9 Å². The number of halogens is 2. The second kappa shape index (κ2) is 6.84. The van der Waals surface area contributed by atoms with Gasteiger partial charge in [-0.25, -0.2) is 18.7 Å². The number of hydrogen-bond donors (Lipinski definition) is 0. The molecule has 4 heterocycles. The Kier molecular flexibility index (Phi) is 4.01. The number of carbonyl (C=O) groups is 1. The van der Waals surface area contributed by atoms with E-state index in [0.717, 1.165) is 17.0 Å². The summed E-state index contributed by atoms with van der Waals surface area (Å²) in [5, 5.41) is 4.40. The third-order valence-corrected chi connectivity index (χ3v) is 5.93. The van der Waals surface area contributed by atoms with Crippen LogP contribution < -0.4 is 4.90 Å². The molecule has 0 radical (unpaired) electrons. The molecule has 0 N–H and O–H groups in total. The number of fused-ring (bicyclic) bond motifs is 2. The Morgan fingerprint density at radius 3 is 2.45 bits per heavy atom. The highest BCUT2D eigenvalue weighted by atomic mass is 19.1. The molecule has 4 aromatic rings. The number of nitrogens with zero attached hydrogens (tertiary/aromatic N) is 6. The van der Waals surface area contributed by atoms with Gasteiger partial charge in [0.1, 0.15) is 16.9 Å². The fourth-order valence-corrected chi connectivity index (χ4v) is 4.24. The van der Waals surface area contributed by atoms with E-state index in [1.807, 2.05) is 6.07 Å². The zero-order valence-electron chi connectivity index (χ0n) is 17.5. The lowest BCUT2D eigenvalue weighted by molar-refractivity contribution is -0.120. The van der Waals surface area contributed by atoms with Gasteiger partial charge >= 0.3 is 0 Å². The number of aryl methyl sites for hydroxylation is 1. The van der Waals surface area contributed by atoms with E-state index in [1.54, 1.807) is 53.2 Å². The van der Waals surface area contributed by atoms with Crippen LogP contribution in [0.25, 0.3) is 11.4 Å². The quantitative estimate of drug-likeness (QED) is 0.446. The van der Waals surface area contributed by atoms with Crippen molar-refractivity contribution in [2.45, 2.75) is 18.4 Å². The maximum atomic E-state index is 15.2. The molecule has 2 aliphatic rings. The van der Waals surface area contributed by atoms with Crippen LogP contribution in [0.3, 0.4) is 0 Å². The largest absolute Gasteiger partial charge is 0.293 e. The van der Waals surface area contributed by atoms with Crippen molar-refractivity contribution in [3.8, 4) is 23.2 Å². The summed E-state index contributed by atoms with van der Waals surface area (Å²) in [6.45, 7) is 0. The first kappa shape index (κ1) is 19.4. The van der Waals surface area contributed by atoms with Crippen LogP contribution in [0.5, 0.6) is 0 Å². The topological polar surface area (TPSA) is 68.8 Å². The van der Waals surface area contributed by atoms with Crippen LogP contribution in [0.1, 0.15) is 24.0 Å². The van der Waals surface area contributed by atoms with E-state index in [4.69, 9.17) is 0 Å². The van der Waals surface area contributed by atoms with Gasteiger partial charge in [-0.05, 0) is 43.2 Å². The van der Waals surface area contributed by atoms with Crippen molar-refractivity contribution >= 4 is 17.5 Å². The fraction of sp³-hybridized carbons (Fsp3) is 0.167. The zero-order chi connectivity index (χ0) is 22.7. The fourth-order valence-electron chi connectivity index (χ4n) is 4.24. The first-order valence-electron chi connectivity index (χ1n) is 10.3. The van der Waals surface area contributed by atoms with E-state index in [2.05, 4.69) is 26.9 Å². The van der Waals surface area contributed by atoms with Crippen LogP contribution >= 0.6 is 0 Å². The van der Waals surface area contributed by atoms with Gasteiger partial charge in [0.25, 0.3) is 5.91 Å². The van der Waals surface area contributed by atoms with Gasteiger partial charge in [-0.2, -0.15) is 5.10 Å². The molecule has 0 unspecified atom stereocenters. The normalized spacial score (nSPS) is 15.5. The number of pyridine rings is 1. The molecule has 7 nitrogen and oxygen atoms in total. The summed E-state index contributed by atoms with van der Waals surface area (Å²) in [5.41, 5.74) is 0.726. The number of benzene rings is 1. The van der Waals surface area contributed by atoms with Crippen LogP contribution in [0, 0.1) is 23.5 Å². The van der Waals surface area contributed by atoms with E-state index in [1.165, 1.54) is 0 Å². The van der Waals surface area contributed by atoms with Crippen LogP contribution in [-0.4, -0.2) is 30.2 Å². The second-order valence-corrected chi connectivity index (χ2v) is 8.11. The molecule has 3 aromatic heterocycles. The Morgan fingerprint density at radius 2 is 1.82 bits per heavy atom. The van der Waals surface area contributed by atoms with Crippen LogP contribution in [0.2, 0.25) is 0 Å². The first-order chi connectivity index (χ1) is 16.0. The van der Waals surface area contributed by atoms with E-state index in [-0.39, 0.29) is 11.5 Å². The highest BCUT2D eigenvalue weighted by Gasteiger charge is 2.62. The van der Waals surface area contributed by atoms with Crippen LogP contribution in [-0.2, 0) is 17.4 Å². The third-order valence-electron chi connectivity index (χ3n) is 5.93. The van der Waals surface area contributed by atoms with Crippen molar-refractivity contribution in [3.63, 3.8) is 0 Å². The molecular formula is C24H16F2N6O. The highest BCUT2D eigenvalue weighted by Crippen LogP contribution is 2.56. The average molecular weight is 442 g/mol. The molecule has 9 heteroatoms. The van der Waals surface area contributed by atoms with Gasteiger partial charge in [-0.1, -0.05) is 11.8 Å². The summed E-state index contributed by atoms with van der Waals surface area (Å²) in [4.78, 5) is 22.7. The summed E-state index contributed by atoms with van der Waals surface area (Å²) in [5.74, 6) is 3.59. The van der Waals surface area contributed by atoms with Crippen molar-refractivity contribution in [2.75, 3.05) is 4.90 Å². The minimum atomic E-state index is -0.884. The second-order valence-electron chi connectivity index (χ2n) is 8.11. The lowest BCUT2D eigenvalue weighted by atomic mass is 10.1. The van der Waals surface area contributed by atoms with Crippen LogP contribution in [0.4, 0.5) is 20.4 Å². The minimum Gasteiger partial charge on any atom is -0.293 e. The van der Waals surface area contributed by atoms with Gasteiger partial charge < -0.3 is 0 Å². The number of amides is 1. The van der Waals surface area contributed by atoms with Gasteiger partial charge in [-0.3, -0.25) is 19.0 Å². The number of carbonyl (C=O) groups excluding carboxylic acids is 1. The molecule has 1 spiro atoms. The molecule has 1 aliphatic carbocycles. The van der Waals surface area contributed by atoms with E-state index in [9.17, 15) is 4.79 Å². The molecule has 6 rings (SSSR count). The van der Waals surface area contributed by atoms with Crippen molar-refractivity contribution in [2.24, 2.45) is 7.05 Å². The number of anilines is 2. The Balaban J connectivity index is 1.43. The molecule has 0 bridgehead atoms. The van der Waals surface area contributed by atoms with Crippen LogP contribution in [0.15, 0.2) is 55.1 Å². The summed E-state index contributed by atoms with van der Waals surface area (Å²) >= 11 is 0. The molecule has 0 atom stereocenters. The predicted octanol–water partition coefficient (Wildman–Crippen LogP) is 3.52. The molecule has 1 aliphatic heterocycles. The Morgan fingerprint density at radius 1 is 1.06 bits per heavy atom. The van der Waals surface area contributed by atoms with Gasteiger partial charge in [0, 0.05) is 36.8 Å². The SMILES string of the molecule is Cn1ccc(-c2cnc3n2C2(CC2)C(=O)N3c2c(F)cc(C#Cc3cccnc3)cc2F)n1. The zero-order valence-corrected chi connectivity index (χ0v) is 17.5. The van der Waals surface area contributed by atoms with E-state index >= 15 is 8.78 Å². The summed E-state index contributed by atoms with van der Waals surface area (Å²) < 4.78 is 33.8. The molecule has 1 aromatic carbocycles. The maximum Gasteiger partial charge on any atom is 0.260 e. The molecule has 1 saturated carbocycles. The standard InChI is InChI=1S/C24H16F2N6O/c1-30-10-6-19(29-30)20-14-28-23-31(22(33)24(7-8-24)32(20)23)21-17(25)11-16(12-18(21)26)5-4-15-3-2-9-27-13-15/h2-3,6,9-14H,7-8H2,1H3. The van der Waals surface area contributed by atoms with Gasteiger partial charge in [-0.15, -0.1) is 0 Å². The van der Waals surface area contributed by atoms with Gasteiger partial charge in [0.2, 0.25) is 5.95 Å². The monoisotopic (exact) mass is 442 g/mol. The molecule has 162 valence electrons. The Bertz CT molecular complexity index is 1470. The van der Waals surface area contributed by atoms with Crippen molar-refractivity contribution in [1.82, 2.24) is 24.3 Å². The molecule has 33 heavy (non-hydrogen) atoms. The summed E-state index contributed by atoms with van der Waals surface area (Å²) in [6.07, 6.45) is 7.69. The summed E-state index contributed by atoms with van der Waals surface area (Å²) in [7, 11) is 1.79. The predicted molar refractivity (Wildman–Crippen MR) is 115 cm³/mol. The molecular weight excluding hydrogens is 426 g/mol. The lowest BCUT2D eigenvalue weighted by Crippen LogP contribution is -2.31. The first-order valence-corrected chi connectivity index (χ1v) is 10.3. The van der Waals surface area contributed by atoms with Crippen molar-refractivity contribution < 1.29 is 13.6 Å². The summed E-state index contributed by atoms with van der Waals surface area (Å²) in [6, 6.07) is 7.53. The Labute approximate surface area is 187 Å². The van der Waals surface area contributed by atoms with Crippen molar-refractivity contribution in [1.29, 1.82) is 0 Å². The average Bonchev–Trinajstić information content (AvgIpc) is 3.20. The lowest BCUT2D eigenvalue weighted by Gasteiger charge is -2.17. The highest BCUT2D eigenvalue weighted by molar-refractivity contribution is 6.09. The Hall–Kier alpha value is -4.32. The molecule has 1 amide bonds. The van der Waals surface area contributed by atoms with E-state index < -0.39 is 28.8 Å². The third kappa shape index (κ3) is 2.88. The number of imidazole rings is 1. The van der Waals surface area contributed by atoms with Gasteiger partial charge in [0.05, 0.1) is 11.9 Å². The number of hydrogen-bond acceptors (Lipinski definition) is 4.